The Morgan fingerprint density at radius 3 is 0.678 bits per heavy atom. The normalized spacial score (nSPS) is 15.1. The van der Waals surface area contributed by atoms with Crippen LogP contribution in [0.2, 0.25) is 0 Å². The molecule has 2 N–H and O–H groups in total. The molecular formula is C88H68BrN. The van der Waals surface area contributed by atoms with E-state index in [2.05, 4.69) is 326 Å². The van der Waals surface area contributed by atoms with Gasteiger partial charge in [-0.2, -0.15) is 0 Å². The van der Waals surface area contributed by atoms with E-state index in [4.69, 9.17) is 5.73 Å². The lowest BCUT2D eigenvalue weighted by Gasteiger charge is -2.24. The van der Waals surface area contributed by atoms with Crippen LogP contribution < -0.4 is 5.73 Å². The van der Waals surface area contributed by atoms with Crippen molar-refractivity contribution in [3.8, 4) is 89.0 Å². The third-order valence-corrected chi connectivity index (χ3v) is 22.5. The van der Waals surface area contributed by atoms with Crippen molar-refractivity contribution < 1.29 is 0 Å². The van der Waals surface area contributed by atoms with Gasteiger partial charge in [0.2, 0.25) is 0 Å². The summed E-state index contributed by atoms with van der Waals surface area (Å²) in [6.07, 6.45) is 0. The number of hydrogen-bond acceptors (Lipinski definition) is 1. The van der Waals surface area contributed by atoms with Crippen LogP contribution in [0, 0.1) is 0 Å². The van der Waals surface area contributed by atoms with Crippen molar-refractivity contribution in [1.29, 1.82) is 0 Å². The van der Waals surface area contributed by atoms with Gasteiger partial charge in [0.25, 0.3) is 0 Å². The Morgan fingerprint density at radius 1 is 0.211 bits per heavy atom. The zero-order valence-electron chi connectivity index (χ0n) is 52.2. The average molecular weight is 1220 g/mol. The molecule has 0 heterocycles. The summed E-state index contributed by atoms with van der Waals surface area (Å²) in [7, 11) is 0. The van der Waals surface area contributed by atoms with Gasteiger partial charge < -0.3 is 5.73 Å². The number of nitrogens with two attached hydrogens (primary N) is 1. The highest BCUT2D eigenvalue weighted by atomic mass is 79.9. The van der Waals surface area contributed by atoms with Crippen LogP contribution in [0.1, 0.15) is 99.9 Å². The van der Waals surface area contributed by atoms with Crippen molar-refractivity contribution in [2.75, 3.05) is 5.73 Å². The summed E-state index contributed by atoms with van der Waals surface area (Å²) in [6, 6.07) is 94.5. The van der Waals surface area contributed by atoms with Gasteiger partial charge in [-0.1, -0.05) is 286 Å². The van der Waals surface area contributed by atoms with Crippen molar-refractivity contribution in [2.45, 2.75) is 77.0 Å². The molecule has 0 saturated heterocycles. The maximum absolute atomic E-state index is 7.32. The van der Waals surface area contributed by atoms with Crippen molar-refractivity contribution >= 4 is 64.7 Å². The lowest BCUT2D eigenvalue weighted by molar-refractivity contribution is 0.661. The van der Waals surface area contributed by atoms with E-state index in [1.54, 1.807) is 0 Å². The van der Waals surface area contributed by atoms with Crippen LogP contribution in [-0.2, 0) is 21.7 Å². The molecule has 0 bridgehead atoms. The van der Waals surface area contributed by atoms with Crippen molar-refractivity contribution in [3.63, 3.8) is 0 Å². The molecule has 2 heteroatoms. The average Bonchev–Trinajstić information content (AvgIpc) is 1.80. The van der Waals surface area contributed by atoms with Gasteiger partial charge in [-0.15, -0.1) is 0 Å². The SMILES string of the molecule is CC1(C)c2ccccc2-c2c1cc(-c1cccc(-c3cc4c(c5ccccc35)-c3ccccc3C4(C)C)c1Br)c1ccccc21.CC1(C)c2ccccc2-c2c1cc(-c1cccc(-c3cc4c(c5ccccc35)-c3ccccc3C4(C)C)c1N)c1ccccc21. The molecule has 1 nitrogen and oxygen atoms in total. The van der Waals surface area contributed by atoms with Crippen molar-refractivity contribution in [2.24, 2.45) is 0 Å². The van der Waals surface area contributed by atoms with Crippen LogP contribution in [-0.4, -0.2) is 0 Å². The number of anilines is 1. The molecule has 0 fully saturated rings. The Bertz CT molecular complexity index is 4780. The number of hydrogen-bond donors (Lipinski definition) is 1. The molecule has 14 aromatic rings. The van der Waals surface area contributed by atoms with Gasteiger partial charge in [0.05, 0.1) is 0 Å². The number of rotatable bonds is 4. The molecule has 4 aliphatic rings. The second-order valence-electron chi connectivity index (χ2n) is 27.7. The molecule has 18 rings (SSSR count). The van der Waals surface area contributed by atoms with E-state index in [1.807, 2.05) is 0 Å². The molecule has 14 aromatic carbocycles. The number of halogens is 1. The molecule has 0 amide bonds. The maximum Gasteiger partial charge on any atom is 0.0473 e. The Balaban J connectivity index is 0.000000139. The Kier molecular flexibility index (Phi) is 11.8. The van der Waals surface area contributed by atoms with E-state index in [9.17, 15) is 0 Å². The Labute approximate surface area is 536 Å². The largest absolute Gasteiger partial charge is 0.398 e. The second kappa shape index (κ2) is 19.5. The van der Waals surface area contributed by atoms with Gasteiger partial charge in [-0.05, 0) is 206 Å². The lowest BCUT2D eigenvalue weighted by atomic mass is 9.79. The summed E-state index contributed by atoms with van der Waals surface area (Å²) in [5.41, 5.74) is 39.4. The minimum Gasteiger partial charge on any atom is -0.398 e. The predicted octanol–water partition coefficient (Wildman–Crippen LogP) is 24.2. The van der Waals surface area contributed by atoms with Crippen molar-refractivity contribution in [3.05, 3.63) is 304 Å². The molecule has 0 aromatic heterocycles. The van der Waals surface area contributed by atoms with E-state index in [1.165, 1.54) is 165 Å². The third kappa shape index (κ3) is 7.49. The molecule has 0 radical (unpaired) electrons. The highest BCUT2D eigenvalue weighted by molar-refractivity contribution is 9.10. The van der Waals surface area contributed by atoms with Gasteiger partial charge >= 0.3 is 0 Å². The molecule has 432 valence electrons. The van der Waals surface area contributed by atoms with Crippen LogP contribution in [0.4, 0.5) is 5.69 Å². The van der Waals surface area contributed by atoms with E-state index >= 15 is 0 Å². The van der Waals surface area contributed by atoms with Crippen molar-refractivity contribution in [1.82, 2.24) is 0 Å². The van der Waals surface area contributed by atoms with Crippen LogP contribution in [0.15, 0.2) is 259 Å². The number of fused-ring (bicyclic) bond motifs is 20. The molecule has 0 atom stereocenters. The first-order valence-corrected chi connectivity index (χ1v) is 32.7. The Hall–Kier alpha value is -9.60. The van der Waals surface area contributed by atoms with E-state index < -0.39 is 0 Å². The zero-order valence-corrected chi connectivity index (χ0v) is 53.8. The van der Waals surface area contributed by atoms with Crippen LogP contribution >= 0.6 is 15.9 Å². The minimum atomic E-state index is -0.103. The smallest absolute Gasteiger partial charge is 0.0473 e. The summed E-state index contributed by atoms with van der Waals surface area (Å²) < 4.78 is 1.14. The zero-order chi connectivity index (χ0) is 61.3. The summed E-state index contributed by atoms with van der Waals surface area (Å²) in [5.74, 6) is 0. The number of para-hydroxylation sites is 1. The second-order valence-corrected chi connectivity index (χ2v) is 28.5. The highest BCUT2D eigenvalue weighted by Crippen LogP contribution is 2.59. The van der Waals surface area contributed by atoms with Gasteiger partial charge in [0.1, 0.15) is 0 Å². The monoisotopic (exact) mass is 1220 g/mol. The minimum absolute atomic E-state index is 0.0778. The third-order valence-electron chi connectivity index (χ3n) is 21.6. The number of benzene rings is 14. The first kappa shape index (κ1) is 54.5. The quantitative estimate of drug-likeness (QED) is 0.175. The van der Waals surface area contributed by atoms with E-state index in [0.717, 1.165) is 21.3 Å². The summed E-state index contributed by atoms with van der Waals surface area (Å²) in [5, 5.41) is 10.3. The van der Waals surface area contributed by atoms with Crippen LogP contribution in [0.25, 0.3) is 132 Å². The van der Waals surface area contributed by atoms with Gasteiger partial charge in [-0.3, -0.25) is 0 Å². The molecule has 90 heavy (non-hydrogen) atoms. The van der Waals surface area contributed by atoms with Crippen LogP contribution in [0.3, 0.4) is 0 Å². The lowest BCUT2D eigenvalue weighted by Crippen LogP contribution is -2.15. The molecular weight excluding hydrogens is 1150 g/mol. The topological polar surface area (TPSA) is 26.0 Å². The summed E-state index contributed by atoms with van der Waals surface area (Å²) in [6.45, 7) is 18.9. The maximum atomic E-state index is 7.32. The molecule has 0 saturated carbocycles. The van der Waals surface area contributed by atoms with Gasteiger partial charge in [0.15, 0.2) is 0 Å². The first-order valence-electron chi connectivity index (χ1n) is 31.9. The van der Waals surface area contributed by atoms with E-state index in [-0.39, 0.29) is 21.7 Å². The fourth-order valence-corrected chi connectivity index (χ4v) is 17.8. The summed E-state index contributed by atoms with van der Waals surface area (Å²) in [4.78, 5) is 0. The fraction of sp³-hybridized carbons (Fsp3) is 0.136. The summed E-state index contributed by atoms with van der Waals surface area (Å²) >= 11 is 4.20. The Morgan fingerprint density at radius 2 is 0.411 bits per heavy atom. The molecule has 0 unspecified atom stereocenters. The number of nitrogen functional groups attached to an aromatic ring is 1. The van der Waals surface area contributed by atoms with Gasteiger partial charge in [0, 0.05) is 42.9 Å². The highest BCUT2D eigenvalue weighted by Gasteiger charge is 2.41. The van der Waals surface area contributed by atoms with E-state index in [0.29, 0.717) is 0 Å². The molecule has 0 spiro atoms. The van der Waals surface area contributed by atoms with Crippen LogP contribution in [0.5, 0.6) is 0 Å². The van der Waals surface area contributed by atoms with Gasteiger partial charge in [-0.25, -0.2) is 0 Å². The molecule has 0 aliphatic heterocycles. The molecule has 4 aliphatic carbocycles. The predicted molar refractivity (Wildman–Crippen MR) is 387 cm³/mol. The first-order chi connectivity index (χ1) is 43.6. The fourth-order valence-electron chi connectivity index (χ4n) is 17.1. The standard InChI is InChI=1S/C44H33Br.C44H35N/c2*1-43(2)36-22-11-9-18-32(36)40-28-16-7-5-14-26(28)34(24-38(40)43)30-20-13-21-31(42(30)45)35-25-39-41(29-17-8-6-15-27(29)35)33-19-10-12-23-37(33)44(39,3)4/h5-25H,1-4H3;5-25H,45H2,1-4H3.